The van der Waals surface area contributed by atoms with Gasteiger partial charge in [0.15, 0.2) is 16.7 Å². The Bertz CT molecular complexity index is 1310. The molecule has 0 aromatic heterocycles. The van der Waals surface area contributed by atoms with Crippen molar-refractivity contribution in [3.8, 4) is 11.5 Å². The summed E-state index contributed by atoms with van der Waals surface area (Å²) in [6.45, 7) is 2.48. The Morgan fingerprint density at radius 2 is 1.86 bits per heavy atom. The summed E-state index contributed by atoms with van der Waals surface area (Å²) in [6, 6.07) is 15.5. The molecule has 1 saturated heterocycles. The van der Waals surface area contributed by atoms with Gasteiger partial charge in [-0.3, -0.25) is 9.69 Å². The van der Waals surface area contributed by atoms with Crippen LogP contribution in [0.5, 0.6) is 11.5 Å². The third-order valence-corrected chi connectivity index (χ3v) is 6.67. The van der Waals surface area contributed by atoms with E-state index in [2.05, 4.69) is 20.9 Å². The van der Waals surface area contributed by atoms with Gasteiger partial charge in [0.25, 0.3) is 5.91 Å². The summed E-state index contributed by atoms with van der Waals surface area (Å²) in [5, 5.41) is 0.524. The Kier molecular flexibility index (Phi) is 7.87. The van der Waals surface area contributed by atoms with Gasteiger partial charge in [-0.1, -0.05) is 12.1 Å². The van der Waals surface area contributed by atoms with Gasteiger partial charge in [0.05, 0.1) is 22.2 Å². The average molecular weight is 559 g/mol. The Balaban J connectivity index is 1.59. The van der Waals surface area contributed by atoms with Gasteiger partial charge in [-0.2, -0.15) is 0 Å². The zero-order valence-corrected chi connectivity index (χ0v) is 21.3. The van der Waals surface area contributed by atoms with Crippen molar-refractivity contribution in [3.63, 3.8) is 0 Å². The van der Waals surface area contributed by atoms with Gasteiger partial charge in [-0.05, 0) is 100 Å². The molecule has 0 bridgehead atoms. The zero-order chi connectivity index (χ0) is 24.9. The third-order valence-electron chi connectivity index (χ3n) is 5.08. The molecule has 180 valence electrons. The number of carbonyl (C=O) groups excluding carboxylic acids is 1. The molecule has 3 aromatic rings. The van der Waals surface area contributed by atoms with Crippen LogP contribution in [0.1, 0.15) is 18.1 Å². The summed E-state index contributed by atoms with van der Waals surface area (Å²) in [7, 11) is 1.52. The van der Waals surface area contributed by atoms with Gasteiger partial charge in [0.1, 0.15) is 18.2 Å². The lowest BCUT2D eigenvalue weighted by molar-refractivity contribution is -0.122. The molecule has 1 aliphatic heterocycles. The van der Waals surface area contributed by atoms with Crippen LogP contribution in [0.2, 0.25) is 0 Å². The Morgan fingerprint density at radius 1 is 1.09 bits per heavy atom. The number of thioether (sulfide) groups is 1. The minimum absolute atomic E-state index is 0.163. The summed E-state index contributed by atoms with van der Waals surface area (Å²) in [4.78, 5) is 19.6. The van der Waals surface area contributed by atoms with E-state index >= 15 is 0 Å². The lowest BCUT2D eigenvalue weighted by Gasteiger charge is -2.14. The maximum atomic E-state index is 13.5. The van der Waals surface area contributed by atoms with Crippen molar-refractivity contribution in [3.05, 3.63) is 92.8 Å². The molecule has 35 heavy (non-hydrogen) atoms. The number of benzene rings is 3. The molecule has 1 amide bonds. The van der Waals surface area contributed by atoms with E-state index in [1.54, 1.807) is 41.3 Å². The number of rotatable bonds is 7. The van der Waals surface area contributed by atoms with Crippen molar-refractivity contribution in [1.29, 1.82) is 0 Å². The zero-order valence-electron chi connectivity index (χ0n) is 18.9. The van der Waals surface area contributed by atoms with Gasteiger partial charge in [0, 0.05) is 6.54 Å². The quantitative estimate of drug-likeness (QED) is 0.295. The number of likely N-dealkylation sites (N-methyl/N-ethyl adjacent to an activating group) is 1. The number of halogens is 3. The molecule has 3 aromatic carbocycles. The van der Waals surface area contributed by atoms with Crippen molar-refractivity contribution in [2.75, 3.05) is 13.7 Å². The minimum Gasteiger partial charge on any atom is -0.493 e. The molecular weight excluding hydrogens is 538 g/mol. The molecule has 0 unspecified atom stereocenters. The van der Waals surface area contributed by atoms with Crippen LogP contribution in [-0.2, 0) is 11.4 Å². The van der Waals surface area contributed by atoms with Crippen LogP contribution in [0.3, 0.4) is 0 Å². The number of nitrogens with zero attached hydrogens (tertiary/aromatic N) is 2. The summed E-state index contributed by atoms with van der Waals surface area (Å²) in [5.41, 5.74) is 1.97. The molecule has 0 N–H and O–H groups in total. The summed E-state index contributed by atoms with van der Waals surface area (Å²) < 4.78 is 38.7. The number of carbonyl (C=O) groups is 1. The molecule has 0 radical (unpaired) electrons. The first-order valence-corrected chi connectivity index (χ1v) is 12.3. The van der Waals surface area contributed by atoms with Crippen LogP contribution in [0.15, 0.2) is 75.0 Å². The Hall–Kier alpha value is -3.17. The Morgan fingerprint density at radius 3 is 2.54 bits per heavy atom. The van der Waals surface area contributed by atoms with Gasteiger partial charge in [0.2, 0.25) is 0 Å². The van der Waals surface area contributed by atoms with E-state index in [-0.39, 0.29) is 24.1 Å². The number of methoxy groups -OCH3 is 1. The van der Waals surface area contributed by atoms with Crippen molar-refractivity contribution >= 4 is 50.5 Å². The molecule has 1 aliphatic rings. The van der Waals surface area contributed by atoms with Gasteiger partial charge in [-0.15, -0.1) is 0 Å². The molecule has 1 heterocycles. The first kappa shape index (κ1) is 24.9. The standard InChI is InChI=1S/C26H21BrF2N2O3S/c1-3-31-25(32)23(35-26(31)30-20-9-7-18(28)8-10-20)14-17-12-21(27)24(22(13-17)33-2)34-15-16-5-4-6-19(29)11-16/h4-14H,3,15H2,1-2H3/b23-14+,30-26?. The van der Waals surface area contributed by atoms with E-state index < -0.39 is 0 Å². The number of amides is 1. The Labute approximate surface area is 214 Å². The second-order valence-corrected chi connectivity index (χ2v) is 9.35. The molecule has 0 saturated carbocycles. The maximum absolute atomic E-state index is 13.5. The highest BCUT2D eigenvalue weighted by molar-refractivity contribution is 9.10. The second-order valence-electron chi connectivity index (χ2n) is 7.48. The number of ether oxygens (including phenoxy) is 2. The first-order valence-electron chi connectivity index (χ1n) is 10.7. The van der Waals surface area contributed by atoms with E-state index in [0.29, 0.717) is 43.8 Å². The number of aliphatic imine (C=N–C) groups is 1. The maximum Gasteiger partial charge on any atom is 0.266 e. The molecule has 0 atom stereocenters. The molecular formula is C26H21BrF2N2O3S. The molecule has 5 nitrogen and oxygen atoms in total. The van der Waals surface area contributed by atoms with E-state index in [9.17, 15) is 13.6 Å². The van der Waals surface area contributed by atoms with Crippen LogP contribution in [0, 0.1) is 11.6 Å². The number of hydrogen-bond acceptors (Lipinski definition) is 5. The number of amidine groups is 1. The summed E-state index contributed by atoms with van der Waals surface area (Å²) in [6.07, 6.45) is 1.76. The minimum atomic E-state index is -0.347. The van der Waals surface area contributed by atoms with E-state index in [4.69, 9.17) is 9.47 Å². The van der Waals surface area contributed by atoms with E-state index in [1.165, 1.54) is 43.1 Å². The predicted molar refractivity (Wildman–Crippen MR) is 138 cm³/mol. The SMILES string of the molecule is CCN1C(=O)/C(=C\c2cc(Br)c(OCc3cccc(F)c3)c(OC)c2)SC1=Nc1ccc(F)cc1. The molecule has 0 spiro atoms. The molecule has 4 rings (SSSR count). The van der Waals surface area contributed by atoms with Gasteiger partial charge in [-0.25, -0.2) is 13.8 Å². The fourth-order valence-electron chi connectivity index (χ4n) is 3.39. The third kappa shape index (κ3) is 5.91. The predicted octanol–water partition coefficient (Wildman–Crippen LogP) is 6.94. The highest BCUT2D eigenvalue weighted by Gasteiger charge is 2.32. The van der Waals surface area contributed by atoms with Crippen molar-refractivity contribution in [1.82, 2.24) is 4.90 Å². The normalized spacial score (nSPS) is 15.8. The van der Waals surface area contributed by atoms with Crippen molar-refractivity contribution < 1.29 is 23.0 Å². The van der Waals surface area contributed by atoms with Crippen LogP contribution in [-0.4, -0.2) is 29.6 Å². The van der Waals surface area contributed by atoms with Crippen LogP contribution < -0.4 is 9.47 Å². The second kappa shape index (κ2) is 11.0. The fourth-order valence-corrected chi connectivity index (χ4v) is 5.03. The monoisotopic (exact) mass is 558 g/mol. The van der Waals surface area contributed by atoms with Gasteiger partial charge < -0.3 is 9.47 Å². The summed E-state index contributed by atoms with van der Waals surface area (Å²) in [5.74, 6) is 0.0878. The highest BCUT2D eigenvalue weighted by Crippen LogP contribution is 2.40. The van der Waals surface area contributed by atoms with Crippen LogP contribution in [0.4, 0.5) is 14.5 Å². The topological polar surface area (TPSA) is 51.1 Å². The summed E-state index contributed by atoms with van der Waals surface area (Å²) >= 11 is 4.76. The lowest BCUT2D eigenvalue weighted by atomic mass is 10.1. The lowest BCUT2D eigenvalue weighted by Crippen LogP contribution is -2.28. The van der Waals surface area contributed by atoms with Crippen LogP contribution >= 0.6 is 27.7 Å². The van der Waals surface area contributed by atoms with Crippen molar-refractivity contribution in [2.24, 2.45) is 4.99 Å². The average Bonchev–Trinajstić information content (AvgIpc) is 3.13. The molecule has 9 heteroatoms. The highest BCUT2D eigenvalue weighted by atomic mass is 79.9. The number of hydrogen-bond donors (Lipinski definition) is 0. The largest absolute Gasteiger partial charge is 0.493 e. The first-order chi connectivity index (χ1) is 16.9. The molecule has 1 fully saturated rings. The van der Waals surface area contributed by atoms with Crippen molar-refractivity contribution in [2.45, 2.75) is 13.5 Å². The van der Waals surface area contributed by atoms with E-state index in [0.717, 1.165) is 5.56 Å². The molecule has 0 aliphatic carbocycles. The smallest absolute Gasteiger partial charge is 0.266 e. The van der Waals surface area contributed by atoms with E-state index in [1.807, 2.05) is 13.0 Å². The van der Waals surface area contributed by atoms with Crippen LogP contribution in [0.25, 0.3) is 6.08 Å². The fraction of sp³-hybridized carbons (Fsp3) is 0.154. The van der Waals surface area contributed by atoms with Gasteiger partial charge >= 0.3 is 0 Å².